The van der Waals surface area contributed by atoms with Crippen molar-refractivity contribution in [2.24, 2.45) is 0 Å². The molecule has 3 heterocycles. The lowest BCUT2D eigenvalue weighted by Gasteiger charge is -2.35. The van der Waals surface area contributed by atoms with E-state index in [0.717, 1.165) is 21.8 Å². The number of imide groups is 1. The van der Waals surface area contributed by atoms with E-state index < -0.39 is 0 Å². The number of piperazine rings is 1. The maximum atomic E-state index is 13.2. The summed E-state index contributed by atoms with van der Waals surface area (Å²) in [7, 11) is 0. The third-order valence-corrected chi connectivity index (χ3v) is 6.08. The number of hydrogen-bond acceptors (Lipinski definition) is 5. The molecule has 0 atom stereocenters. The fraction of sp³-hybridized carbons (Fsp3) is 0.435. The summed E-state index contributed by atoms with van der Waals surface area (Å²) in [5.41, 5.74) is 3.48. The van der Waals surface area contributed by atoms with Crippen molar-refractivity contribution in [2.75, 3.05) is 32.7 Å². The van der Waals surface area contributed by atoms with Gasteiger partial charge in [-0.05, 0) is 25.5 Å². The van der Waals surface area contributed by atoms with Crippen molar-refractivity contribution >= 4 is 23.6 Å². The van der Waals surface area contributed by atoms with E-state index in [4.69, 9.17) is 0 Å². The molecule has 0 bridgehead atoms. The molecule has 32 heavy (non-hydrogen) atoms. The first-order valence-electron chi connectivity index (χ1n) is 10.9. The third-order valence-electron chi connectivity index (χ3n) is 6.08. The average Bonchev–Trinajstić information content (AvgIpc) is 3.37. The maximum absolute atomic E-state index is 13.2. The Labute approximate surface area is 186 Å². The summed E-state index contributed by atoms with van der Waals surface area (Å²) in [6, 6.07) is 7.99. The molecule has 0 N–H and O–H groups in total. The Balaban J connectivity index is 1.40. The third kappa shape index (κ3) is 4.15. The van der Waals surface area contributed by atoms with Crippen LogP contribution in [0.4, 0.5) is 0 Å². The lowest BCUT2D eigenvalue weighted by molar-refractivity contribution is -0.146. The summed E-state index contributed by atoms with van der Waals surface area (Å²) < 4.78 is 1.80. The zero-order valence-electron chi connectivity index (χ0n) is 18.4. The number of benzene rings is 1. The molecule has 168 valence electrons. The maximum Gasteiger partial charge on any atom is 0.257 e. The lowest BCUT2D eigenvalue weighted by atomic mass is 10.1. The number of hydrogen-bond donors (Lipinski definition) is 0. The topological polar surface area (TPSA) is 95.8 Å². The Morgan fingerprint density at radius 1 is 0.938 bits per heavy atom. The predicted molar refractivity (Wildman–Crippen MR) is 116 cm³/mol. The minimum atomic E-state index is -0.296. The van der Waals surface area contributed by atoms with Crippen molar-refractivity contribution in [3.05, 3.63) is 47.3 Å². The number of likely N-dealkylation sites (tertiary alicyclic amines) is 1. The van der Waals surface area contributed by atoms with E-state index in [1.807, 2.05) is 38.1 Å². The van der Waals surface area contributed by atoms with Gasteiger partial charge in [0.1, 0.15) is 6.54 Å². The van der Waals surface area contributed by atoms with Crippen LogP contribution in [-0.2, 0) is 20.8 Å². The molecule has 0 unspecified atom stereocenters. The molecule has 2 fully saturated rings. The number of carbonyl (C=O) groups is 4. The molecule has 9 nitrogen and oxygen atoms in total. The SMILES string of the molecule is CCc1c(C(=O)N2CCN(C(=O)CN3C(=O)CCC3=O)CC2)cnn1-c1ccc(C)cc1. The first-order valence-corrected chi connectivity index (χ1v) is 10.9. The van der Waals surface area contributed by atoms with Crippen molar-refractivity contribution < 1.29 is 19.2 Å². The Kier molecular flexibility index (Phi) is 6.07. The van der Waals surface area contributed by atoms with E-state index in [2.05, 4.69) is 5.10 Å². The number of aromatic nitrogens is 2. The Morgan fingerprint density at radius 2 is 1.53 bits per heavy atom. The monoisotopic (exact) mass is 437 g/mol. The Hall–Kier alpha value is -3.49. The van der Waals surface area contributed by atoms with Gasteiger partial charge in [0, 0.05) is 39.0 Å². The van der Waals surface area contributed by atoms with Gasteiger partial charge in [0.15, 0.2) is 0 Å². The van der Waals surface area contributed by atoms with Gasteiger partial charge in [-0.2, -0.15) is 5.10 Å². The summed E-state index contributed by atoms with van der Waals surface area (Å²) in [6.45, 7) is 5.33. The van der Waals surface area contributed by atoms with Crippen molar-refractivity contribution in [1.82, 2.24) is 24.5 Å². The summed E-state index contributed by atoms with van der Waals surface area (Å²) in [5.74, 6) is -0.955. The second kappa shape index (κ2) is 8.94. The molecule has 4 amide bonds. The van der Waals surface area contributed by atoms with Gasteiger partial charge in [-0.1, -0.05) is 24.6 Å². The van der Waals surface area contributed by atoms with Crippen LogP contribution in [0.5, 0.6) is 0 Å². The standard InChI is InChI=1S/C23H27N5O4/c1-3-19-18(14-24-28(19)17-6-4-16(2)5-7-17)23(32)26-12-10-25(11-13-26)22(31)15-27-20(29)8-9-21(27)30/h4-7,14H,3,8-13,15H2,1-2H3. The van der Waals surface area contributed by atoms with Gasteiger partial charge < -0.3 is 9.80 Å². The molecule has 2 saturated heterocycles. The number of rotatable bonds is 5. The number of nitrogens with zero attached hydrogens (tertiary/aromatic N) is 5. The van der Waals surface area contributed by atoms with Gasteiger partial charge >= 0.3 is 0 Å². The van der Waals surface area contributed by atoms with E-state index >= 15 is 0 Å². The van der Waals surface area contributed by atoms with Crippen molar-refractivity contribution in [2.45, 2.75) is 33.1 Å². The molecule has 4 rings (SSSR count). The average molecular weight is 438 g/mol. The minimum absolute atomic E-state index is 0.0998. The Bertz CT molecular complexity index is 1030. The minimum Gasteiger partial charge on any atom is -0.338 e. The predicted octanol–water partition coefficient (Wildman–Crippen LogP) is 1.18. The van der Waals surface area contributed by atoms with Crippen molar-refractivity contribution in [3.8, 4) is 5.69 Å². The zero-order valence-corrected chi connectivity index (χ0v) is 18.4. The highest BCUT2D eigenvalue weighted by Crippen LogP contribution is 2.19. The van der Waals surface area contributed by atoms with Crippen LogP contribution in [0.3, 0.4) is 0 Å². The van der Waals surface area contributed by atoms with Gasteiger partial charge in [-0.15, -0.1) is 0 Å². The second-order valence-electron chi connectivity index (χ2n) is 8.15. The molecule has 0 aliphatic carbocycles. The molecule has 2 aliphatic rings. The molecule has 0 spiro atoms. The Morgan fingerprint density at radius 3 is 2.12 bits per heavy atom. The summed E-state index contributed by atoms with van der Waals surface area (Å²) in [5, 5.41) is 4.45. The summed E-state index contributed by atoms with van der Waals surface area (Å²) in [6.07, 6.45) is 2.61. The van der Waals surface area contributed by atoms with Crippen molar-refractivity contribution in [3.63, 3.8) is 0 Å². The van der Waals surface area contributed by atoms with Gasteiger partial charge in [0.25, 0.3) is 5.91 Å². The van der Waals surface area contributed by atoms with E-state index in [9.17, 15) is 19.2 Å². The highest BCUT2D eigenvalue weighted by atomic mass is 16.2. The molecule has 9 heteroatoms. The van der Waals surface area contributed by atoms with Crippen LogP contribution in [0.15, 0.2) is 30.5 Å². The molecule has 0 radical (unpaired) electrons. The summed E-state index contributed by atoms with van der Waals surface area (Å²) >= 11 is 0. The highest BCUT2D eigenvalue weighted by Gasteiger charge is 2.33. The van der Waals surface area contributed by atoms with Crippen LogP contribution in [0.2, 0.25) is 0 Å². The smallest absolute Gasteiger partial charge is 0.257 e. The zero-order chi connectivity index (χ0) is 22.8. The van der Waals surface area contributed by atoms with Crippen LogP contribution < -0.4 is 0 Å². The van der Waals surface area contributed by atoms with Gasteiger partial charge in [-0.25, -0.2) is 4.68 Å². The van der Waals surface area contributed by atoms with Crippen LogP contribution in [0, 0.1) is 6.92 Å². The van der Waals surface area contributed by atoms with E-state index in [1.54, 1.807) is 20.7 Å². The van der Waals surface area contributed by atoms with Crippen LogP contribution in [0.25, 0.3) is 5.69 Å². The fourth-order valence-corrected chi connectivity index (χ4v) is 4.16. The quantitative estimate of drug-likeness (QED) is 0.655. The largest absolute Gasteiger partial charge is 0.338 e. The van der Waals surface area contributed by atoms with Crippen LogP contribution in [0.1, 0.15) is 41.4 Å². The fourth-order valence-electron chi connectivity index (χ4n) is 4.16. The number of aryl methyl sites for hydroxylation is 1. The molecule has 2 aromatic rings. The van der Waals surface area contributed by atoms with E-state index in [-0.39, 0.29) is 43.0 Å². The molecule has 2 aliphatic heterocycles. The van der Waals surface area contributed by atoms with Crippen molar-refractivity contribution in [1.29, 1.82) is 0 Å². The normalized spacial score (nSPS) is 16.8. The molecule has 1 aromatic carbocycles. The van der Waals surface area contributed by atoms with E-state index in [1.165, 1.54) is 0 Å². The highest BCUT2D eigenvalue weighted by molar-refractivity contribution is 6.04. The molecular formula is C23H27N5O4. The first-order chi connectivity index (χ1) is 15.4. The second-order valence-corrected chi connectivity index (χ2v) is 8.15. The van der Waals surface area contributed by atoms with Gasteiger partial charge in [-0.3, -0.25) is 24.1 Å². The van der Waals surface area contributed by atoms with Crippen LogP contribution in [-0.4, -0.2) is 80.8 Å². The van der Waals surface area contributed by atoms with E-state index in [0.29, 0.717) is 38.2 Å². The van der Waals surface area contributed by atoms with Gasteiger partial charge in [0.2, 0.25) is 17.7 Å². The lowest BCUT2D eigenvalue weighted by Crippen LogP contribution is -2.53. The number of amides is 4. The molecule has 1 aromatic heterocycles. The number of carbonyl (C=O) groups excluding carboxylic acids is 4. The first kappa shape index (κ1) is 21.7. The van der Waals surface area contributed by atoms with Crippen LogP contribution >= 0.6 is 0 Å². The van der Waals surface area contributed by atoms with Gasteiger partial charge in [0.05, 0.1) is 23.1 Å². The summed E-state index contributed by atoms with van der Waals surface area (Å²) in [4.78, 5) is 53.6. The molecular weight excluding hydrogens is 410 g/mol. The molecule has 0 saturated carbocycles.